The number of nitro benzene ring substituents is 1. The molecule has 0 radical (unpaired) electrons. The fraction of sp³-hybridized carbons (Fsp3) is 0.125. The number of nitrogens with zero attached hydrogens (tertiary/aromatic N) is 1. The van der Waals surface area contributed by atoms with Crippen molar-refractivity contribution in [2.75, 3.05) is 0 Å². The third-order valence-corrected chi connectivity index (χ3v) is 3.94. The number of carboxylic acid groups (broad SMARTS) is 1. The van der Waals surface area contributed by atoms with Crippen LogP contribution in [0.1, 0.15) is 28.4 Å². The van der Waals surface area contributed by atoms with Crippen LogP contribution >= 0.6 is 23.2 Å². The minimum absolute atomic E-state index is 0.00593. The summed E-state index contributed by atoms with van der Waals surface area (Å²) >= 11 is 11.7. The molecule has 2 aromatic carbocycles. The second kappa shape index (κ2) is 7.96. The van der Waals surface area contributed by atoms with Crippen molar-refractivity contribution in [3.05, 3.63) is 73.8 Å². The van der Waals surface area contributed by atoms with Gasteiger partial charge in [0.1, 0.15) is 0 Å². The number of rotatable bonds is 6. The van der Waals surface area contributed by atoms with E-state index < -0.39 is 29.3 Å². The Kier molecular flexibility index (Phi) is 5.95. The van der Waals surface area contributed by atoms with E-state index in [1.807, 2.05) is 0 Å². The fourth-order valence-corrected chi connectivity index (χ4v) is 2.48. The van der Waals surface area contributed by atoms with Crippen LogP contribution in [0.4, 0.5) is 5.69 Å². The first-order chi connectivity index (χ1) is 11.8. The second-order valence-corrected chi connectivity index (χ2v) is 5.92. The normalized spacial score (nSPS) is 11.6. The number of carboxylic acids is 1. The minimum atomic E-state index is -1.37. The van der Waals surface area contributed by atoms with E-state index in [-0.39, 0.29) is 16.3 Å². The molecule has 0 aliphatic heterocycles. The monoisotopic (exact) mass is 381 g/mol. The molecule has 25 heavy (non-hydrogen) atoms. The van der Waals surface area contributed by atoms with E-state index in [9.17, 15) is 24.8 Å². The largest absolute Gasteiger partial charge is 0.550 e. The van der Waals surface area contributed by atoms with Crippen molar-refractivity contribution in [3.8, 4) is 0 Å². The van der Waals surface area contributed by atoms with Crippen LogP contribution < -0.4 is 10.4 Å². The number of hydrogen-bond donors (Lipinski definition) is 1. The highest BCUT2D eigenvalue weighted by Crippen LogP contribution is 2.24. The molecule has 1 amide bonds. The summed E-state index contributed by atoms with van der Waals surface area (Å²) in [6.07, 6.45) is -0.486. The Morgan fingerprint density at radius 2 is 1.76 bits per heavy atom. The molecule has 0 aliphatic carbocycles. The molecular formula is C16H11Cl2N2O5-. The third kappa shape index (κ3) is 4.91. The van der Waals surface area contributed by atoms with Gasteiger partial charge in [0.25, 0.3) is 11.6 Å². The van der Waals surface area contributed by atoms with Crippen LogP contribution in [-0.2, 0) is 4.79 Å². The van der Waals surface area contributed by atoms with Crippen LogP contribution in [0.15, 0.2) is 42.5 Å². The van der Waals surface area contributed by atoms with Crippen molar-refractivity contribution in [1.29, 1.82) is 0 Å². The Balaban J connectivity index is 2.30. The van der Waals surface area contributed by atoms with Crippen LogP contribution in [-0.4, -0.2) is 16.8 Å². The summed E-state index contributed by atoms with van der Waals surface area (Å²) in [4.78, 5) is 33.6. The van der Waals surface area contributed by atoms with Crippen LogP contribution in [0.5, 0.6) is 0 Å². The van der Waals surface area contributed by atoms with Crippen LogP contribution in [0.3, 0.4) is 0 Å². The summed E-state index contributed by atoms with van der Waals surface area (Å²) in [5.74, 6) is -2.11. The Morgan fingerprint density at radius 1 is 1.12 bits per heavy atom. The molecule has 2 rings (SSSR count). The van der Waals surface area contributed by atoms with Crippen molar-refractivity contribution in [1.82, 2.24) is 5.32 Å². The molecule has 7 nitrogen and oxygen atoms in total. The van der Waals surface area contributed by atoms with Crippen LogP contribution in [0.2, 0.25) is 10.0 Å². The van der Waals surface area contributed by atoms with Gasteiger partial charge in [0.15, 0.2) is 0 Å². The number of carbonyl (C=O) groups excluding carboxylic acids is 2. The number of non-ortho nitro benzene ring substituents is 1. The quantitative estimate of drug-likeness (QED) is 0.609. The van der Waals surface area contributed by atoms with Gasteiger partial charge in [0, 0.05) is 29.5 Å². The van der Waals surface area contributed by atoms with Crippen LogP contribution in [0.25, 0.3) is 0 Å². The van der Waals surface area contributed by atoms with Crippen molar-refractivity contribution in [2.24, 2.45) is 0 Å². The molecule has 0 aliphatic rings. The van der Waals surface area contributed by atoms with E-state index in [2.05, 4.69) is 5.32 Å². The van der Waals surface area contributed by atoms with Crippen molar-refractivity contribution < 1.29 is 19.6 Å². The molecular weight excluding hydrogens is 371 g/mol. The lowest BCUT2D eigenvalue weighted by molar-refractivity contribution is -0.384. The number of halogens is 2. The molecule has 130 valence electrons. The van der Waals surface area contributed by atoms with E-state index in [1.165, 1.54) is 6.07 Å². The molecule has 0 saturated carbocycles. The van der Waals surface area contributed by atoms with Gasteiger partial charge in [0.05, 0.1) is 21.6 Å². The van der Waals surface area contributed by atoms with Gasteiger partial charge < -0.3 is 15.2 Å². The van der Waals surface area contributed by atoms with Gasteiger partial charge in [-0.2, -0.15) is 0 Å². The minimum Gasteiger partial charge on any atom is -0.550 e. The van der Waals surface area contributed by atoms with E-state index in [1.54, 1.807) is 24.3 Å². The summed E-state index contributed by atoms with van der Waals surface area (Å²) in [7, 11) is 0. The van der Waals surface area contributed by atoms with Gasteiger partial charge in [-0.05, 0) is 23.8 Å². The summed E-state index contributed by atoms with van der Waals surface area (Å²) < 4.78 is 0. The first-order valence-electron chi connectivity index (χ1n) is 6.98. The molecule has 0 saturated heterocycles. The maximum Gasteiger partial charge on any atom is 0.270 e. The summed E-state index contributed by atoms with van der Waals surface area (Å²) in [6.45, 7) is 0. The van der Waals surface area contributed by atoms with E-state index in [0.717, 1.165) is 12.1 Å². The van der Waals surface area contributed by atoms with Gasteiger partial charge in [-0.1, -0.05) is 35.3 Å². The first kappa shape index (κ1) is 18.7. The summed E-state index contributed by atoms with van der Waals surface area (Å²) in [5.41, 5.74) is 0.0502. The summed E-state index contributed by atoms with van der Waals surface area (Å²) in [6, 6.07) is 8.72. The highest BCUT2D eigenvalue weighted by molar-refractivity contribution is 6.34. The maximum absolute atomic E-state index is 12.4. The number of benzene rings is 2. The first-order valence-corrected chi connectivity index (χ1v) is 7.73. The highest BCUT2D eigenvalue weighted by atomic mass is 35.5. The van der Waals surface area contributed by atoms with Crippen molar-refractivity contribution in [2.45, 2.75) is 12.5 Å². The molecule has 0 aromatic heterocycles. The molecule has 2 aromatic rings. The van der Waals surface area contributed by atoms with Gasteiger partial charge in [-0.15, -0.1) is 0 Å². The van der Waals surface area contributed by atoms with Crippen molar-refractivity contribution in [3.63, 3.8) is 0 Å². The fourth-order valence-electron chi connectivity index (χ4n) is 2.15. The average Bonchev–Trinajstić information content (AvgIpc) is 2.54. The standard InChI is InChI=1S/C16H12Cl2N2O5/c17-10-3-1-9(2-4-10)14(8-15(21)22)19-16(23)12-7-11(20(24)25)5-6-13(12)18/h1-7,14H,8H2,(H,19,23)(H,21,22)/p-1/t14-/m1/s1. The number of nitrogens with one attached hydrogen (secondary N) is 1. The molecule has 0 fully saturated rings. The lowest BCUT2D eigenvalue weighted by Gasteiger charge is -2.20. The van der Waals surface area contributed by atoms with Gasteiger partial charge in [0.2, 0.25) is 0 Å². The lowest BCUT2D eigenvalue weighted by Crippen LogP contribution is -2.34. The number of hydrogen-bond acceptors (Lipinski definition) is 5. The molecule has 1 N–H and O–H groups in total. The topological polar surface area (TPSA) is 112 Å². The van der Waals surface area contributed by atoms with Gasteiger partial charge in [-0.3, -0.25) is 14.9 Å². The zero-order valence-electron chi connectivity index (χ0n) is 12.6. The highest BCUT2D eigenvalue weighted by Gasteiger charge is 2.20. The van der Waals surface area contributed by atoms with Crippen LogP contribution in [0, 0.1) is 10.1 Å². The predicted molar refractivity (Wildman–Crippen MR) is 89.4 cm³/mol. The van der Waals surface area contributed by atoms with E-state index >= 15 is 0 Å². The van der Waals surface area contributed by atoms with E-state index in [4.69, 9.17) is 23.2 Å². The molecule has 9 heteroatoms. The Morgan fingerprint density at radius 3 is 2.32 bits per heavy atom. The second-order valence-electron chi connectivity index (χ2n) is 5.07. The number of aliphatic carboxylic acids is 1. The molecule has 0 unspecified atom stereocenters. The number of carbonyl (C=O) groups is 2. The van der Waals surface area contributed by atoms with Crippen molar-refractivity contribution >= 4 is 40.8 Å². The average molecular weight is 382 g/mol. The predicted octanol–water partition coefficient (Wildman–Crippen LogP) is 2.51. The molecule has 0 heterocycles. The number of nitro groups is 1. The zero-order chi connectivity index (χ0) is 18.6. The Bertz CT molecular complexity index is 824. The van der Waals surface area contributed by atoms with Gasteiger partial charge >= 0.3 is 0 Å². The molecule has 0 bridgehead atoms. The summed E-state index contributed by atoms with van der Waals surface area (Å²) in [5, 5.41) is 24.8. The Hall–Kier alpha value is -2.64. The zero-order valence-corrected chi connectivity index (χ0v) is 14.1. The maximum atomic E-state index is 12.4. The lowest BCUT2D eigenvalue weighted by atomic mass is 10.0. The smallest absolute Gasteiger partial charge is 0.270 e. The SMILES string of the molecule is O=C([O-])C[C@@H](NC(=O)c1cc([N+](=O)[O-])ccc1Cl)c1ccc(Cl)cc1. The van der Waals surface area contributed by atoms with Gasteiger partial charge in [-0.25, -0.2) is 0 Å². The molecule has 1 atom stereocenters. The van der Waals surface area contributed by atoms with E-state index in [0.29, 0.717) is 10.6 Å². The molecule has 0 spiro atoms. The Labute approximate surface area is 152 Å². The number of amides is 1. The third-order valence-electron chi connectivity index (χ3n) is 3.35.